The van der Waals surface area contributed by atoms with E-state index in [0.29, 0.717) is 24.9 Å². The van der Waals surface area contributed by atoms with Gasteiger partial charge in [0.05, 0.1) is 6.54 Å². The summed E-state index contributed by atoms with van der Waals surface area (Å²) in [4.78, 5) is 18.6. The fourth-order valence-corrected chi connectivity index (χ4v) is 2.90. The molecule has 0 aliphatic carbocycles. The zero-order valence-electron chi connectivity index (χ0n) is 16.0. The van der Waals surface area contributed by atoms with Gasteiger partial charge in [-0.3, -0.25) is 4.99 Å². The first kappa shape index (κ1) is 23.3. The molecule has 142 valence electrons. The third-order valence-corrected chi connectivity index (χ3v) is 3.54. The highest BCUT2D eigenvalue weighted by molar-refractivity contribution is 14.0. The lowest BCUT2D eigenvalue weighted by Gasteiger charge is -2.37. The molecule has 1 aliphatic heterocycles. The molecule has 1 amide bonds. The van der Waals surface area contributed by atoms with Gasteiger partial charge in [-0.2, -0.15) is 0 Å². The molecule has 7 heteroatoms. The third kappa shape index (κ3) is 9.54. The third-order valence-electron chi connectivity index (χ3n) is 3.54. The van der Waals surface area contributed by atoms with Crippen molar-refractivity contribution in [3.63, 3.8) is 0 Å². The smallest absolute Gasteiger partial charge is 0.407 e. The van der Waals surface area contributed by atoms with Crippen LogP contribution in [-0.4, -0.2) is 55.3 Å². The number of carbonyl (C=O) groups is 1. The number of amides is 1. The summed E-state index contributed by atoms with van der Waals surface area (Å²) in [7, 11) is 0. The molecular weight excluding hydrogens is 419 g/mol. The Morgan fingerprint density at radius 2 is 1.79 bits per heavy atom. The fraction of sp³-hybridized carbons (Fsp3) is 0.882. The van der Waals surface area contributed by atoms with Gasteiger partial charge in [-0.1, -0.05) is 13.8 Å². The molecule has 0 aromatic heterocycles. The summed E-state index contributed by atoms with van der Waals surface area (Å²) in [5.74, 6) is 2.31. The molecule has 2 N–H and O–H groups in total. The SMILES string of the molecule is CCNC(=NCCNC(=O)OC(C)(C)C)N1CC(C)CC(C)C1.I. The van der Waals surface area contributed by atoms with E-state index in [9.17, 15) is 4.79 Å². The molecule has 0 saturated carbocycles. The van der Waals surface area contributed by atoms with Crippen molar-refractivity contribution >= 4 is 36.0 Å². The quantitative estimate of drug-likeness (QED) is 0.297. The van der Waals surface area contributed by atoms with Crippen molar-refractivity contribution in [3.05, 3.63) is 0 Å². The Kier molecular flexibility index (Phi) is 10.7. The minimum absolute atomic E-state index is 0. The minimum Gasteiger partial charge on any atom is -0.444 e. The van der Waals surface area contributed by atoms with E-state index in [1.165, 1.54) is 6.42 Å². The van der Waals surface area contributed by atoms with Crippen molar-refractivity contribution < 1.29 is 9.53 Å². The van der Waals surface area contributed by atoms with Crippen molar-refractivity contribution in [2.24, 2.45) is 16.8 Å². The largest absolute Gasteiger partial charge is 0.444 e. The number of nitrogens with zero attached hydrogens (tertiary/aromatic N) is 2. The Labute approximate surface area is 164 Å². The molecule has 2 atom stereocenters. The molecule has 1 saturated heterocycles. The van der Waals surface area contributed by atoms with Gasteiger partial charge >= 0.3 is 6.09 Å². The molecule has 1 heterocycles. The number of likely N-dealkylation sites (tertiary alicyclic amines) is 1. The molecule has 2 unspecified atom stereocenters. The highest BCUT2D eigenvalue weighted by Crippen LogP contribution is 2.20. The lowest BCUT2D eigenvalue weighted by Crippen LogP contribution is -2.48. The number of hydrogen-bond donors (Lipinski definition) is 2. The van der Waals surface area contributed by atoms with Gasteiger partial charge in [0.2, 0.25) is 0 Å². The van der Waals surface area contributed by atoms with Gasteiger partial charge in [-0.15, -0.1) is 24.0 Å². The van der Waals surface area contributed by atoms with Crippen LogP contribution in [0.4, 0.5) is 4.79 Å². The number of nitrogens with one attached hydrogen (secondary N) is 2. The maximum absolute atomic E-state index is 11.6. The van der Waals surface area contributed by atoms with Crippen LogP contribution < -0.4 is 10.6 Å². The molecule has 1 aliphatic rings. The highest BCUT2D eigenvalue weighted by atomic mass is 127. The molecule has 0 aromatic rings. The minimum atomic E-state index is -0.470. The van der Waals surface area contributed by atoms with E-state index in [-0.39, 0.29) is 24.0 Å². The molecule has 6 nitrogen and oxygen atoms in total. The first-order valence-electron chi connectivity index (χ1n) is 8.71. The van der Waals surface area contributed by atoms with Gasteiger partial charge in [0.1, 0.15) is 5.60 Å². The summed E-state index contributed by atoms with van der Waals surface area (Å²) in [6, 6.07) is 0. The molecule has 0 aromatic carbocycles. The van der Waals surface area contributed by atoms with E-state index in [1.807, 2.05) is 20.8 Å². The van der Waals surface area contributed by atoms with Gasteiger partial charge in [-0.05, 0) is 46.0 Å². The Morgan fingerprint density at radius 1 is 1.21 bits per heavy atom. The summed E-state index contributed by atoms with van der Waals surface area (Å²) in [6.07, 6.45) is 0.883. The van der Waals surface area contributed by atoms with Crippen LogP contribution in [0.25, 0.3) is 0 Å². The van der Waals surface area contributed by atoms with Gasteiger partial charge in [0.25, 0.3) is 0 Å². The van der Waals surface area contributed by atoms with Crippen molar-refractivity contribution in [2.45, 2.75) is 53.6 Å². The van der Waals surface area contributed by atoms with Gasteiger partial charge in [0, 0.05) is 26.2 Å². The van der Waals surface area contributed by atoms with Crippen molar-refractivity contribution in [1.29, 1.82) is 0 Å². The van der Waals surface area contributed by atoms with Gasteiger partial charge < -0.3 is 20.3 Å². The molecule has 0 bridgehead atoms. The average molecular weight is 454 g/mol. The number of ether oxygens (including phenoxy) is 1. The van der Waals surface area contributed by atoms with Crippen LogP contribution in [0.2, 0.25) is 0 Å². The maximum Gasteiger partial charge on any atom is 0.407 e. The molecule has 1 rings (SSSR count). The van der Waals surface area contributed by atoms with Crippen LogP contribution in [0.15, 0.2) is 4.99 Å². The van der Waals surface area contributed by atoms with E-state index in [0.717, 1.165) is 25.6 Å². The highest BCUT2D eigenvalue weighted by Gasteiger charge is 2.23. The van der Waals surface area contributed by atoms with Crippen LogP contribution in [0.1, 0.15) is 48.0 Å². The second-order valence-electron chi connectivity index (χ2n) is 7.52. The van der Waals surface area contributed by atoms with Crippen molar-refractivity contribution in [1.82, 2.24) is 15.5 Å². The predicted octanol–water partition coefficient (Wildman–Crippen LogP) is 3.07. The van der Waals surface area contributed by atoms with Gasteiger partial charge in [-0.25, -0.2) is 4.79 Å². The molecule has 0 radical (unpaired) electrons. The van der Waals surface area contributed by atoms with Crippen LogP contribution in [0.5, 0.6) is 0 Å². The Hall–Kier alpha value is -0.730. The van der Waals surface area contributed by atoms with E-state index < -0.39 is 11.7 Å². The number of piperidine rings is 1. The zero-order chi connectivity index (χ0) is 17.5. The van der Waals surface area contributed by atoms with Crippen LogP contribution in [-0.2, 0) is 4.74 Å². The summed E-state index contributed by atoms with van der Waals surface area (Å²) in [5, 5.41) is 6.09. The number of alkyl carbamates (subject to hydrolysis) is 1. The van der Waals surface area contributed by atoms with E-state index in [1.54, 1.807) is 0 Å². The topological polar surface area (TPSA) is 66.0 Å². The second-order valence-corrected chi connectivity index (χ2v) is 7.52. The number of hydrogen-bond acceptors (Lipinski definition) is 3. The first-order valence-corrected chi connectivity index (χ1v) is 8.71. The summed E-state index contributed by atoms with van der Waals surface area (Å²) in [6.45, 7) is 16.1. The molecular formula is C17H35IN4O2. The number of carbonyl (C=O) groups excluding carboxylic acids is 1. The zero-order valence-corrected chi connectivity index (χ0v) is 18.3. The van der Waals surface area contributed by atoms with Crippen molar-refractivity contribution in [3.8, 4) is 0 Å². The normalized spacial score (nSPS) is 21.8. The first-order chi connectivity index (χ1) is 10.7. The Bertz CT molecular complexity index is 400. The number of aliphatic imine (C=N–C) groups is 1. The summed E-state index contributed by atoms with van der Waals surface area (Å²) in [5.41, 5.74) is -0.470. The lowest BCUT2D eigenvalue weighted by atomic mass is 9.92. The van der Waals surface area contributed by atoms with E-state index in [4.69, 9.17) is 4.74 Å². The summed E-state index contributed by atoms with van der Waals surface area (Å²) < 4.78 is 5.21. The van der Waals surface area contributed by atoms with Crippen molar-refractivity contribution in [2.75, 3.05) is 32.7 Å². The van der Waals surface area contributed by atoms with Crippen LogP contribution >= 0.6 is 24.0 Å². The number of rotatable bonds is 4. The van der Waals surface area contributed by atoms with Crippen LogP contribution in [0.3, 0.4) is 0 Å². The number of guanidine groups is 1. The summed E-state index contributed by atoms with van der Waals surface area (Å²) >= 11 is 0. The average Bonchev–Trinajstić information content (AvgIpc) is 2.39. The lowest BCUT2D eigenvalue weighted by molar-refractivity contribution is 0.0529. The van der Waals surface area contributed by atoms with E-state index in [2.05, 4.69) is 41.3 Å². The Morgan fingerprint density at radius 3 is 2.29 bits per heavy atom. The number of halogens is 1. The van der Waals surface area contributed by atoms with Gasteiger partial charge in [0.15, 0.2) is 5.96 Å². The second kappa shape index (κ2) is 11.0. The molecule has 0 spiro atoms. The molecule has 24 heavy (non-hydrogen) atoms. The molecule has 1 fully saturated rings. The standard InChI is InChI=1S/C17H34N4O2.HI/c1-7-18-15(21-11-13(2)10-14(3)12-21)19-8-9-20-16(22)23-17(4,5)6;/h13-14H,7-12H2,1-6H3,(H,18,19)(H,20,22);1H. The predicted molar refractivity (Wildman–Crippen MR) is 110 cm³/mol. The Balaban J connectivity index is 0.00000529. The fourth-order valence-electron chi connectivity index (χ4n) is 2.90. The monoisotopic (exact) mass is 454 g/mol. The van der Waals surface area contributed by atoms with Crippen LogP contribution in [0, 0.1) is 11.8 Å². The maximum atomic E-state index is 11.6. The van der Waals surface area contributed by atoms with E-state index >= 15 is 0 Å².